The standard InChI is InChI=1S/C27H29N5O4/c1-17-6-8-22(10-18(17)2)31-26(33)16-36-24-9-7-20(12-25(24)35-5)14-29-32-27-23(13-28)21(15-34-4)11-19(3)30-27/h6-12,14H,15-16H2,1-5H3,(H,30,32)(H,31,33). The number of amides is 1. The third kappa shape index (κ3) is 6.81. The first kappa shape index (κ1) is 26.2. The summed E-state index contributed by atoms with van der Waals surface area (Å²) in [4.78, 5) is 16.7. The lowest BCUT2D eigenvalue weighted by atomic mass is 10.1. The van der Waals surface area contributed by atoms with Crippen molar-refractivity contribution in [3.63, 3.8) is 0 Å². The summed E-state index contributed by atoms with van der Waals surface area (Å²) in [6, 6.07) is 14.9. The Morgan fingerprint density at radius 2 is 1.89 bits per heavy atom. The lowest BCUT2D eigenvalue weighted by Crippen LogP contribution is -2.20. The summed E-state index contributed by atoms with van der Waals surface area (Å²) in [6.45, 7) is 5.97. The number of nitrogens with zero attached hydrogens (tertiary/aromatic N) is 3. The second-order valence-electron chi connectivity index (χ2n) is 8.11. The molecule has 2 N–H and O–H groups in total. The highest BCUT2D eigenvalue weighted by molar-refractivity contribution is 5.92. The van der Waals surface area contributed by atoms with Gasteiger partial charge in [-0.1, -0.05) is 6.07 Å². The lowest BCUT2D eigenvalue weighted by Gasteiger charge is -2.12. The Bertz CT molecular complexity index is 1310. The molecule has 0 aliphatic heterocycles. The Kier molecular flexibility index (Phi) is 8.97. The first-order valence-corrected chi connectivity index (χ1v) is 11.2. The molecule has 3 rings (SSSR count). The smallest absolute Gasteiger partial charge is 0.262 e. The van der Waals surface area contributed by atoms with Crippen LogP contribution in [0.2, 0.25) is 0 Å². The van der Waals surface area contributed by atoms with Crippen LogP contribution in [0.5, 0.6) is 11.5 Å². The van der Waals surface area contributed by atoms with Crippen molar-refractivity contribution in [1.82, 2.24) is 4.98 Å². The molecule has 1 amide bonds. The van der Waals surface area contributed by atoms with E-state index >= 15 is 0 Å². The molecule has 2 aromatic carbocycles. The molecular formula is C27H29N5O4. The van der Waals surface area contributed by atoms with Crippen molar-refractivity contribution < 1.29 is 19.0 Å². The largest absolute Gasteiger partial charge is 0.493 e. The molecule has 0 bridgehead atoms. The maximum absolute atomic E-state index is 12.3. The number of anilines is 2. The van der Waals surface area contributed by atoms with Crippen LogP contribution in [-0.4, -0.2) is 37.9 Å². The molecule has 3 aromatic rings. The number of methoxy groups -OCH3 is 2. The maximum atomic E-state index is 12.3. The fourth-order valence-electron chi connectivity index (χ4n) is 3.43. The number of benzene rings is 2. The van der Waals surface area contributed by atoms with Crippen molar-refractivity contribution in [1.29, 1.82) is 5.26 Å². The molecule has 0 aliphatic carbocycles. The molecule has 0 atom stereocenters. The molecule has 9 heteroatoms. The number of aromatic nitrogens is 1. The van der Waals surface area contributed by atoms with Gasteiger partial charge in [0.15, 0.2) is 23.9 Å². The Morgan fingerprint density at radius 3 is 2.58 bits per heavy atom. The molecule has 9 nitrogen and oxygen atoms in total. The monoisotopic (exact) mass is 487 g/mol. The van der Waals surface area contributed by atoms with E-state index in [0.29, 0.717) is 29.5 Å². The van der Waals surface area contributed by atoms with Crippen LogP contribution in [0.1, 0.15) is 33.5 Å². The minimum Gasteiger partial charge on any atom is -0.493 e. The molecule has 1 aromatic heterocycles. The van der Waals surface area contributed by atoms with Gasteiger partial charge in [0.05, 0.1) is 19.9 Å². The first-order chi connectivity index (χ1) is 17.3. The fourth-order valence-corrected chi connectivity index (χ4v) is 3.43. The van der Waals surface area contributed by atoms with Crippen LogP contribution >= 0.6 is 0 Å². The van der Waals surface area contributed by atoms with Gasteiger partial charge in [-0.3, -0.25) is 10.2 Å². The van der Waals surface area contributed by atoms with E-state index in [1.165, 1.54) is 7.11 Å². The number of aryl methyl sites for hydroxylation is 3. The number of nitriles is 1. The Morgan fingerprint density at radius 1 is 1.08 bits per heavy atom. The van der Waals surface area contributed by atoms with Crippen LogP contribution in [0.3, 0.4) is 0 Å². The number of hydrogen-bond acceptors (Lipinski definition) is 8. The Labute approximate surface area is 210 Å². The first-order valence-electron chi connectivity index (χ1n) is 11.2. The molecule has 0 fully saturated rings. The zero-order chi connectivity index (χ0) is 26.1. The van der Waals surface area contributed by atoms with E-state index < -0.39 is 0 Å². The van der Waals surface area contributed by atoms with Gasteiger partial charge in [0.25, 0.3) is 5.91 Å². The summed E-state index contributed by atoms with van der Waals surface area (Å²) in [7, 11) is 3.09. The van der Waals surface area contributed by atoms with E-state index in [-0.39, 0.29) is 12.5 Å². The highest BCUT2D eigenvalue weighted by atomic mass is 16.5. The minimum absolute atomic E-state index is 0.169. The average molecular weight is 488 g/mol. The van der Waals surface area contributed by atoms with Gasteiger partial charge < -0.3 is 19.5 Å². The maximum Gasteiger partial charge on any atom is 0.262 e. The van der Waals surface area contributed by atoms with Crippen molar-refractivity contribution in [3.05, 3.63) is 76.0 Å². The second kappa shape index (κ2) is 12.3. The topological polar surface area (TPSA) is 118 Å². The van der Waals surface area contributed by atoms with Crippen LogP contribution in [0.25, 0.3) is 0 Å². The van der Waals surface area contributed by atoms with Crippen molar-refractivity contribution in [2.75, 3.05) is 31.6 Å². The number of carbonyl (C=O) groups excluding carboxylic acids is 1. The van der Waals surface area contributed by atoms with Crippen LogP contribution in [0.4, 0.5) is 11.5 Å². The zero-order valence-electron chi connectivity index (χ0n) is 21.0. The highest BCUT2D eigenvalue weighted by Crippen LogP contribution is 2.28. The van der Waals surface area contributed by atoms with E-state index in [2.05, 4.69) is 26.9 Å². The molecule has 186 valence electrons. The highest BCUT2D eigenvalue weighted by Gasteiger charge is 2.12. The van der Waals surface area contributed by atoms with Crippen molar-refractivity contribution in [3.8, 4) is 17.6 Å². The minimum atomic E-state index is -0.276. The van der Waals surface area contributed by atoms with Crippen molar-refractivity contribution >= 4 is 23.6 Å². The van der Waals surface area contributed by atoms with Gasteiger partial charge in [-0.15, -0.1) is 0 Å². The third-order valence-corrected chi connectivity index (χ3v) is 5.36. The van der Waals surface area contributed by atoms with Gasteiger partial charge >= 0.3 is 0 Å². The second-order valence-corrected chi connectivity index (χ2v) is 8.11. The Balaban J connectivity index is 1.65. The number of carbonyl (C=O) groups is 1. The SMILES string of the molecule is COCc1cc(C)nc(NN=Cc2ccc(OCC(=O)Nc3ccc(C)c(C)c3)c(OC)c2)c1C#N. The molecule has 0 radical (unpaired) electrons. The van der Waals surface area contributed by atoms with Crippen LogP contribution in [0, 0.1) is 32.1 Å². The lowest BCUT2D eigenvalue weighted by molar-refractivity contribution is -0.118. The van der Waals surface area contributed by atoms with Gasteiger partial charge in [0, 0.05) is 24.1 Å². The van der Waals surface area contributed by atoms with E-state index in [1.54, 1.807) is 31.5 Å². The van der Waals surface area contributed by atoms with E-state index in [1.807, 2.05) is 45.0 Å². The van der Waals surface area contributed by atoms with E-state index in [0.717, 1.165) is 33.6 Å². The number of hydrazone groups is 1. The van der Waals surface area contributed by atoms with Crippen molar-refractivity contribution in [2.45, 2.75) is 27.4 Å². The van der Waals surface area contributed by atoms with Gasteiger partial charge in [0.2, 0.25) is 0 Å². The predicted octanol–water partition coefficient (Wildman–Crippen LogP) is 4.50. The molecule has 0 saturated heterocycles. The summed E-state index contributed by atoms with van der Waals surface area (Å²) >= 11 is 0. The van der Waals surface area contributed by atoms with E-state index in [4.69, 9.17) is 14.2 Å². The van der Waals surface area contributed by atoms with Crippen LogP contribution < -0.4 is 20.2 Å². The normalized spacial score (nSPS) is 10.7. The summed E-state index contributed by atoms with van der Waals surface area (Å²) in [5, 5.41) is 16.6. The predicted molar refractivity (Wildman–Crippen MR) is 139 cm³/mol. The number of nitrogens with one attached hydrogen (secondary N) is 2. The van der Waals surface area contributed by atoms with Gasteiger partial charge in [-0.2, -0.15) is 10.4 Å². The van der Waals surface area contributed by atoms with Gasteiger partial charge in [-0.25, -0.2) is 4.98 Å². The average Bonchev–Trinajstić information content (AvgIpc) is 2.85. The van der Waals surface area contributed by atoms with Crippen molar-refractivity contribution in [2.24, 2.45) is 5.10 Å². The van der Waals surface area contributed by atoms with Crippen LogP contribution in [0.15, 0.2) is 47.6 Å². The number of hydrogen-bond donors (Lipinski definition) is 2. The molecule has 0 aliphatic rings. The zero-order valence-corrected chi connectivity index (χ0v) is 21.0. The van der Waals surface area contributed by atoms with Gasteiger partial charge in [0.1, 0.15) is 11.6 Å². The molecule has 0 spiro atoms. The molecular weight excluding hydrogens is 458 g/mol. The molecule has 36 heavy (non-hydrogen) atoms. The number of pyridine rings is 1. The molecule has 0 unspecified atom stereocenters. The number of ether oxygens (including phenoxy) is 3. The summed E-state index contributed by atoms with van der Waals surface area (Å²) in [6.07, 6.45) is 1.57. The van der Waals surface area contributed by atoms with Crippen LogP contribution in [-0.2, 0) is 16.1 Å². The quantitative estimate of drug-likeness (QED) is 0.319. The number of rotatable bonds is 10. The fraction of sp³-hybridized carbons (Fsp3) is 0.259. The third-order valence-electron chi connectivity index (χ3n) is 5.36. The molecule has 0 saturated carbocycles. The van der Waals surface area contributed by atoms with E-state index in [9.17, 15) is 10.1 Å². The van der Waals surface area contributed by atoms with Gasteiger partial charge in [-0.05, 0) is 73.9 Å². The summed E-state index contributed by atoms with van der Waals surface area (Å²) < 4.78 is 16.3. The Hall–Kier alpha value is -4.42. The summed E-state index contributed by atoms with van der Waals surface area (Å²) in [5.41, 5.74) is 8.36. The molecule has 1 heterocycles. The summed E-state index contributed by atoms with van der Waals surface area (Å²) in [5.74, 6) is 0.949.